The Balaban J connectivity index is 2.15. The summed E-state index contributed by atoms with van der Waals surface area (Å²) >= 11 is 0. The molecule has 1 aliphatic rings. The second kappa shape index (κ2) is 5.15. The van der Waals surface area contributed by atoms with Crippen molar-refractivity contribution in [2.24, 2.45) is 5.73 Å². The highest BCUT2D eigenvalue weighted by atomic mass is 19.1. The van der Waals surface area contributed by atoms with Gasteiger partial charge in [0.15, 0.2) is 0 Å². The van der Waals surface area contributed by atoms with E-state index in [2.05, 4.69) is 18.7 Å². The van der Waals surface area contributed by atoms with Crippen LogP contribution in [0.15, 0.2) is 24.3 Å². The molecule has 2 unspecified atom stereocenters. The summed E-state index contributed by atoms with van der Waals surface area (Å²) in [5.74, 6) is 0.203. The van der Waals surface area contributed by atoms with E-state index in [1.807, 2.05) is 6.07 Å². The lowest BCUT2D eigenvalue weighted by Gasteiger charge is -2.38. The molecular weight excluding hydrogens is 215 g/mol. The van der Waals surface area contributed by atoms with Crippen molar-refractivity contribution in [3.63, 3.8) is 0 Å². The van der Waals surface area contributed by atoms with Crippen LogP contribution in [0, 0.1) is 5.82 Å². The van der Waals surface area contributed by atoms with E-state index in [9.17, 15) is 4.39 Å². The van der Waals surface area contributed by atoms with Gasteiger partial charge in [0.2, 0.25) is 0 Å². The molecule has 2 N–H and O–H groups in total. The molecule has 0 aliphatic carbocycles. The van der Waals surface area contributed by atoms with E-state index in [1.54, 1.807) is 12.1 Å². The third kappa shape index (κ3) is 3.05. The van der Waals surface area contributed by atoms with Gasteiger partial charge in [-0.3, -0.25) is 4.90 Å². The van der Waals surface area contributed by atoms with Gasteiger partial charge in [0.05, 0.1) is 0 Å². The standard InChI is InChI=1S/C14H21FN2/c1-10(2)17-8-12(7-14(16)9-17)11-4-3-5-13(15)6-11/h3-6,10,12,14H,7-9,16H2,1-2H3. The predicted octanol–water partition coefficient (Wildman–Crippen LogP) is 2.35. The molecule has 1 fully saturated rings. The molecule has 0 spiro atoms. The maximum Gasteiger partial charge on any atom is 0.123 e. The van der Waals surface area contributed by atoms with E-state index in [0.717, 1.165) is 25.1 Å². The molecule has 2 rings (SSSR count). The van der Waals surface area contributed by atoms with Crippen LogP contribution in [0.4, 0.5) is 4.39 Å². The van der Waals surface area contributed by atoms with Gasteiger partial charge < -0.3 is 5.73 Å². The molecule has 1 heterocycles. The Kier molecular flexibility index (Phi) is 3.79. The van der Waals surface area contributed by atoms with Gasteiger partial charge in [-0.25, -0.2) is 4.39 Å². The van der Waals surface area contributed by atoms with Crippen LogP contribution >= 0.6 is 0 Å². The average molecular weight is 236 g/mol. The molecule has 1 aromatic carbocycles. The molecule has 0 aromatic heterocycles. The monoisotopic (exact) mass is 236 g/mol. The third-order valence-electron chi connectivity index (χ3n) is 3.56. The highest BCUT2D eigenvalue weighted by Gasteiger charge is 2.27. The van der Waals surface area contributed by atoms with Crippen molar-refractivity contribution < 1.29 is 4.39 Å². The van der Waals surface area contributed by atoms with Gasteiger partial charge in [0.25, 0.3) is 0 Å². The van der Waals surface area contributed by atoms with Crippen LogP contribution in [-0.4, -0.2) is 30.1 Å². The number of benzene rings is 1. The first-order valence-electron chi connectivity index (χ1n) is 6.31. The van der Waals surface area contributed by atoms with E-state index in [-0.39, 0.29) is 11.9 Å². The zero-order valence-corrected chi connectivity index (χ0v) is 10.6. The summed E-state index contributed by atoms with van der Waals surface area (Å²) in [6.45, 7) is 6.29. The maximum atomic E-state index is 13.2. The molecule has 0 amide bonds. The lowest BCUT2D eigenvalue weighted by Crippen LogP contribution is -2.48. The fourth-order valence-corrected chi connectivity index (χ4v) is 2.60. The number of hydrogen-bond donors (Lipinski definition) is 1. The minimum absolute atomic E-state index is 0.155. The number of hydrogen-bond acceptors (Lipinski definition) is 2. The van der Waals surface area contributed by atoms with Crippen LogP contribution < -0.4 is 5.73 Å². The smallest absolute Gasteiger partial charge is 0.123 e. The SMILES string of the molecule is CC(C)N1CC(N)CC(c2cccc(F)c2)C1. The number of rotatable bonds is 2. The number of likely N-dealkylation sites (tertiary alicyclic amines) is 1. The summed E-state index contributed by atoms with van der Waals surface area (Å²) in [4.78, 5) is 2.38. The highest BCUT2D eigenvalue weighted by molar-refractivity contribution is 5.22. The molecule has 2 atom stereocenters. The minimum Gasteiger partial charge on any atom is -0.327 e. The van der Waals surface area contributed by atoms with Gasteiger partial charge >= 0.3 is 0 Å². The van der Waals surface area contributed by atoms with Crippen LogP contribution in [0.5, 0.6) is 0 Å². The number of piperidine rings is 1. The Hall–Kier alpha value is -0.930. The summed E-state index contributed by atoms with van der Waals surface area (Å²) in [7, 11) is 0. The molecule has 3 heteroatoms. The first-order chi connectivity index (χ1) is 8.06. The van der Waals surface area contributed by atoms with E-state index in [0.29, 0.717) is 12.0 Å². The summed E-state index contributed by atoms with van der Waals surface area (Å²) in [6.07, 6.45) is 0.951. The zero-order chi connectivity index (χ0) is 12.4. The molecule has 1 aromatic rings. The van der Waals surface area contributed by atoms with E-state index in [4.69, 9.17) is 5.73 Å². The largest absolute Gasteiger partial charge is 0.327 e. The second-order valence-corrected chi connectivity index (χ2v) is 5.30. The van der Waals surface area contributed by atoms with Gasteiger partial charge in [0, 0.05) is 25.2 Å². The van der Waals surface area contributed by atoms with E-state index >= 15 is 0 Å². The molecule has 1 saturated heterocycles. The number of nitrogens with two attached hydrogens (primary N) is 1. The maximum absolute atomic E-state index is 13.2. The fraction of sp³-hybridized carbons (Fsp3) is 0.571. The molecule has 1 aliphatic heterocycles. The van der Waals surface area contributed by atoms with Crippen molar-refractivity contribution in [3.05, 3.63) is 35.6 Å². The predicted molar refractivity (Wildman–Crippen MR) is 68.4 cm³/mol. The number of halogens is 1. The van der Waals surface area contributed by atoms with Crippen LogP contribution in [0.1, 0.15) is 31.7 Å². The van der Waals surface area contributed by atoms with Crippen LogP contribution in [0.3, 0.4) is 0 Å². The van der Waals surface area contributed by atoms with E-state index in [1.165, 1.54) is 6.07 Å². The number of nitrogens with zero attached hydrogens (tertiary/aromatic N) is 1. The van der Waals surface area contributed by atoms with Crippen molar-refractivity contribution >= 4 is 0 Å². The van der Waals surface area contributed by atoms with Gasteiger partial charge in [-0.05, 0) is 43.9 Å². The average Bonchev–Trinajstić information content (AvgIpc) is 2.28. The minimum atomic E-state index is -0.155. The van der Waals surface area contributed by atoms with Crippen molar-refractivity contribution in [2.45, 2.75) is 38.3 Å². The normalized spacial score (nSPS) is 26.4. The van der Waals surface area contributed by atoms with Crippen LogP contribution in [0.25, 0.3) is 0 Å². The quantitative estimate of drug-likeness (QED) is 0.854. The van der Waals surface area contributed by atoms with E-state index < -0.39 is 0 Å². The van der Waals surface area contributed by atoms with Gasteiger partial charge in [-0.2, -0.15) is 0 Å². The first kappa shape index (κ1) is 12.5. The Bertz CT molecular complexity index is 378. The molecule has 94 valence electrons. The zero-order valence-electron chi connectivity index (χ0n) is 10.6. The Labute approximate surface area is 103 Å². The molecule has 0 bridgehead atoms. The molecular formula is C14H21FN2. The lowest BCUT2D eigenvalue weighted by molar-refractivity contribution is 0.152. The third-order valence-corrected chi connectivity index (χ3v) is 3.56. The molecule has 0 radical (unpaired) electrons. The summed E-state index contributed by atoms with van der Waals surface area (Å²) in [5, 5.41) is 0. The summed E-state index contributed by atoms with van der Waals surface area (Å²) in [6, 6.07) is 7.61. The van der Waals surface area contributed by atoms with Crippen molar-refractivity contribution in [1.29, 1.82) is 0 Å². The van der Waals surface area contributed by atoms with Gasteiger partial charge in [0.1, 0.15) is 5.82 Å². The van der Waals surface area contributed by atoms with Crippen molar-refractivity contribution in [2.75, 3.05) is 13.1 Å². The Morgan fingerprint density at radius 2 is 2.12 bits per heavy atom. The highest BCUT2D eigenvalue weighted by Crippen LogP contribution is 2.27. The topological polar surface area (TPSA) is 29.3 Å². The summed E-state index contributed by atoms with van der Waals surface area (Å²) in [5.41, 5.74) is 7.17. The van der Waals surface area contributed by atoms with Gasteiger partial charge in [-0.15, -0.1) is 0 Å². The second-order valence-electron chi connectivity index (χ2n) is 5.30. The Morgan fingerprint density at radius 3 is 2.76 bits per heavy atom. The first-order valence-corrected chi connectivity index (χ1v) is 6.31. The molecule has 2 nitrogen and oxygen atoms in total. The van der Waals surface area contributed by atoms with Crippen molar-refractivity contribution in [1.82, 2.24) is 4.90 Å². The van der Waals surface area contributed by atoms with Crippen molar-refractivity contribution in [3.8, 4) is 0 Å². The summed E-state index contributed by atoms with van der Waals surface area (Å²) < 4.78 is 13.2. The molecule has 0 saturated carbocycles. The molecule has 17 heavy (non-hydrogen) atoms. The van der Waals surface area contributed by atoms with Gasteiger partial charge in [-0.1, -0.05) is 12.1 Å². The van der Waals surface area contributed by atoms with Crippen LogP contribution in [0.2, 0.25) is 0 Å². The lowest BCUT2D eigenvalue weighted by atomic mass is 9.88. The Morgan fingerprint density at radius 1 is 1.35 bits per heavy atom. The van der Waals surface area contributed by atoms with Crippen LogP contribution in [-0.2, 0) is 0 Å². The fourth-order valence-electron chi connectivity index (χ4n) is 2.60.